The number of thiazole rings is 1. The van der Waals surface area contributed by atoms with Crippen LogP contribution in [-0.4, -0.2) is 16.9 Å². The minimum atomic E-state index is -0.203. The molecule has 2 aromatic carbocycles. The van der Waals surface area contributed by atoms with Gasteiger partial charge in [-0.1, -0.05) is 60.7 Å². The van der Waals surface area contributed by atoms with E-state index in [-0.39, 0.29) is 11.9 Å². The van der Waals surface area contributed by atoms with E-state index in [1.807, 2.05) is 67.6 Å². The summed E-state index contributed by atoms with van der Waals surface area (Å²) in [4.78, 5) is 18.0. The van der Waals surface area contributed by atoms with Gasteiger partial charge in [0.1, 0.15) is 5.69 Å². The maximum atomic E-state index is 12.6. The molecule has 0 unspecified atom stereocenters. The fourth-order valence-corrected chi connectivity index (χ4v) is 3.49. The number of aryl methyl sites for hydroxylation is 1. The van der Waals surface area contributed by atoms with E-state index in [1.54, 1.807) is 0 Å². The SMILES string of the molecule is [CH2][C@H](Cc1ccccc1)NC(=O)c1nc(C)sc1-c1ccccc1. The first-order valence-electron chi connectivity index (χ1n) is 7.84. The second-order valence-corrected chi connectivity index (χ2v) is 6.84. The van der Waals surface area contributed by atoms with Crippen molar-refractivity contribution in [3.05, 3.63) is 83.9 Å². The van der Waals surface area contributed by atoms with Crippen LogP contribution in [0.1, 0.15) is 21.1 Å². The second kappa shape index (κ2) is 7.41. The summed E-state index contributed by atoms with van der Waals surface area (Å²) in [5.74, 6) is -0.172. The Labute approximate surface area is 146 Å². The standard InChI is InChI=1S/C20H19N2OS/c1-14(13-16-9-5-3-6-10-16)21-20(23)18-19(24-15(2)22-18)17-11-7-4-8-12-17/h3-12,14H,1,13H2,2H3,(H,21,23)/t14-/m1/s1. The van der Waals surface area contributed by atoms with Crippen molar-refractivity contribution >= 4 is 17.2 Å². The van der Waals surface area contributed by atoms with E-state index in [4.69, 9.17) is 0 Å². The molecule has 0 aliphatic heterocycles. The zero-order valence-electron chi connectivity index (χ0n) is 13.5. The van der Waals surface area contributed by atoms with Crippen molar-refractivity contribution in [1.29, 1.82) is 0 Å². The maximum absolute atomic E-state index is 12.6. The van der Waals surface area contributed by atoms with Crippen molar-refractivity contribution in [3.63, 3.8) is 0 Å². The number of nitrogens with one attached hydrogen (secondary N) is 1. The molecule has 1 aromatic heterocycles. The topological polar surface area (TPSA) is 42.0 Å². The molecule has 24 heavy (non-hydrogen) atoms. The molecule has 0 aliphatic rings. The summed E-state index contributed by atoms with van der Waals surface area (Å²) in [6.07, 6.45) is 0.691. The molecule has 3 nitrogen and oxygen atoms in total. The maximum Gasteiger partial charge on any atom is 0.271 e. The molecule has 1 amide bonds. The highest BCUT2D eigenvalue weighted by atomic mass is 32.1. The normalized spacial score (nSPS) is 11.9. The van der Waals surface area contributed by atoms with Crippen LogP contribution in [0.25, 0.3) is 10.4 Å². The number of nitrogens with zero attached hydrogens (tertiary/aromatic N) is 1. The van der Waals surface area contributed by atoms with E-state index in [2.05, 4.69) is 17.2 Å². The van der Waals surface area contributed by atoms with Crippen LogP contribution in [0.4, 0.5) is 0 Å². The molecule has 1 atom stereocenters. The predicted octanol–water partition coefficient (Wildman–Crippen LogP) is 4.29. The molecule has 1 radical (unpaired) electrons. The first kappa shape index (κ1) is 16.4. The van der Waals surface area contributed by atoms with Gasteiger partial charge in [0.2, 0.25) is 0 Å². The molecule has 4 heteroatoms. The van der Waals surface area contributed by atoms with E-state index < -0.39 is 0 Å². The third kappa shape index (κ3) is 3.89. The van der Waals surface area contributed by atoms with Gasteiger partial charge in [0.15, 0.2) is 0 Å². The Morgan fingerprint density at radius 2 is 1.75 bits per heavy atom. The van der Waals surface area contributed by atoms with Crippen molar-refractivity contribution in [2.45, 2.75) is 19.4 Å². The third-order valence-corrected chi connectivity index (χ3v) is 4.67. The van der Waals surface area contributed by atoms with Crippen molar-refractivity contribution in [1.82, 2.24) is 10.3 Å². The lowest BCUT2D eigenvalue weighted by molar-refractivity contribution is 0.0940. The summed E-state index contributed by atoms with van der Waals surface area (Å²) in [6, 6.07) is 19.7. The van der Waals surface area contributed by atoms with Crippen LogP contribution in [0.3, 0.4) is 0 Å². The van der Waals surface area contributed by atoms with Crippen molar-refractivity contribution in [2.75, 3.05) is 0 Å². The Morgan fingerprint density at radius 3 is 2.42 bits per heavy atom. The van der Waals surface area contributed by atoms with Gasteiger partial charge in [0.25, 0.3) is 5.91 Å². The van der Waals surface area contributed by atoms with Crippen LogP contribution in [-0.2, 0) is 6.42 Å². The number of carbonyl (C=O) groups excluding carboxylic acids is 1. The molecular formula is C20H19N2OS. The van der Waals surface area contributed by atoms with E-state index in [0.29, 0.717) is 12.1 Å². The molecule has 1 heterocycles. The zero-order valence-corrected chi connectivity index (χ0v) is 14.3. The van der Waals surface area contributed by atoms with Gasteiger partial charge in [0.05, 0.1) is 9.88 Å². The molecule has 0 bridgehead atoms. The van der Waals surface area contributed by atoms with Gasteiger partial charge in [-0.3, -0.25) is 4.79 Å². The van der Waals surface area contributed by atoms with Gasteiger partial charge in [-0.2, -0.15) is 0 Å². The van der Waals surface area contributed by atoms with Gasteiger partial charge in [-0.25, -0.2) is 4.98 Å². The number of hydrogen-bond donors (Lipinski definition) is 1. The molecule has 0 saturated carbocycles. The number of carbonyl (C=O) groups is 1. The highest BCUT2D eigenvalue weighted by Crippen LogP contribution is 2.30. The zero-order chi connectivity index (χ0) is 16.9. The van der Waals surface area contributed by atoms with E-state index in [0.717, 1.165) is 21.0 Å². The quantitative estimate of drug-likeness (QED) is 0.755. The lowest BCUT2D eigenvalue weighted by Crippen LogP contribution is -2.34. The minimum Gasteiger partial charge on any atom is -0.348 e. The van der Waals surface area contributed by atoms with Crippen LogP contribution in [0.15, 0.2) is 60.7 Å². The van der Waals surface area contributed by atoms with Crippen LogP contribution in [0.5, 0.6) is 0 Å². The van der Waals surface area contributed by atoms with E-state index in [9.17, 15) is 4.79 Å². The Bertz CT molecular complexity index is 812. The Balaban J connectivity index is 1.76. The average Bonchev–Trinajstić information content (AvgIpc) is 2.98. The summed E-state index contributed by atoms with van der Waals surface area (Å²) in [6.45, 7) is 5.97. The average molecular weight is 335 g/mol. The van der Waals surface area contributed by atoms with Crippen molar-refractivity contribution < 1.29 is 4.79 Å². The molecule has 0 spiro atoms. The van der Waals surface area contributed by atoms with Gasteiger partial charge in [-0.05, 0) is 31.4 Å². The predicted molar refractivity (Wildman–Crippen MR) is 99.0 cm³/mol. The Morgan fingerprint density at radius 1 is 1.12 bits per heavy atom. The largest absolute Gasteiger partial charge is 0.348 e. The molecule has 0 saturated heterocycles. The number of amides is 1. The van der Waals surface area contributed by atoms with Crippen LogP contribution in [0, 0.1) is 13.8 Å². The highest BCUT2D eigenvalue weighted by Gasteiger charge is 2.19. The van der Waals surface area contributed by atoms with Gasteiger partial charge < -0.3 is 5.32 Å². The smallest absolute Gasteiger partial charge is 0.271 e. The summed E-state index contributed by atoms with van der Waals surface area (Å²) in [7, 11) is 0. The van der Waals surface area contributed by atoms with Gasteiger partial charge in [0, 0.05) is 6.04 Å². The number of benzene rings is 2. The fraction of sp³-hybridized carbons (Fsp3) is 0.150. The first-order valence-corrected chi connectivity index (χ1v) is 8.66. The van der Waals surface area contributed by atoms with Crippen LogP contribution in [0.2, 0.25) is 0 Å². The summed E-state index contributed by atoms with van der Waals surface area (Å²) in [5.41, 5.74) is 2.64. The summed E-state index contributed by atoms with van der Waals surface area (Å²) < 4.78 is 0. The van der Waals surface area contributed by atoms with Crippen LogP contribution < -0.4 is 5.32 Å². The highest BCUT2D eigenvalue weighted by molar-refractivity contribution is 7.15. The lowest BCUT2D eigenvalue weighted by atomic mass is 10.1. The lowest BCUT2D eigenvalue weighted by Gasteiger charge is -2.13. The van der Waals surface area contributed by atoms with Crippen molar-refractivity contribution in [2.24, 2.45) is 0 Å². The summed E-state index contributed by atoms with van der Waals surface area (Å²) >= 11 is 1.53. The van der Waals surface area contributed by atoms with E-state index >= 15 is 0 Å². The number of aromatic nitrogens is 1. The Hall–Kier alpha value is -2.46. The molecule has 3 aromatic rings. The molecule has 0 fully saturated rings. The molecule has 1 N–H and O–H groups in total. The van der Waals surface area contributed by atoms with Crippen LogP contribution >= 0.6 is 11.3 Å². The Kier molecular flexibility index (Phi) is 5.06. The molecule has 121 valence electrons. The first-order chi connectivity index (χ1) is 11.6. The number of hydrogen-bond acceptors (Lipinski definition) is 3. The monoisotopic (exact) mass is 335 g/mol. The minimum absolute atomic E-state index is 0.172. The number of rotatable bonds is 5. The second-order valence-electron chi connectivity index (χ2n) is 5.64. The molecule has 3 rings (SSSR count). The van der Waals surface area contributed by atoms with Crippen molar-refractivity contribution in [3.8, 4) is 10.4 Å². The van der Waals surface area contributed by atoms with E-state index in [1.165, 1.54) is 11.3 Å². The molecular weight excluding hydrogens is 316 g/mol. The fourth-order valence-electron chi connectivity index (χ4n) is 2.57. The third-order valence-electron chi connectivity index (χ3n) is 3.65. The van der Waals surface area contributed by atoms with Gasteiger partial charge >= 0.3 is 0 Å². The van der Waals surface area contributed by atoms with Gasteiger partial charge in [-0.15, -0.1) is 11.3 Å². The summed E-state index contributed by atoms with van der Waals surface area (Å²) in [5, 5.41) is 3.84. The molecule has 0 aliphatic carbocycles.